The van der Waals surface area contributed by atoms with Gasteiger partial charge in [-0.1, -0.05) is 6.07 Å². The van der Waals surface area contributed by atoms with Crippen LogP contribution in [-0.2, 0) is 4.79 Å². The maximum atomic E-state index is 11.8. The average molecular weight is 235 g/mol. The molecule has 1 fully saturated rings. The second-order valence-corrected chi connectivity index (χ2v) is 4.22. The lowest BCUT2D eigenvalue weighted by Crippen LogP contribution is -2.34. The van der Waals surface area contributed by atoms with Crippen molar-refractivity contribution in [3.05, 3.63) is 23.8 Å². The minimum Gasteiger partial charge on any atom is -0.493 e. The molecule has 17 heavy (non-hydrogen) atoms. The van der Waals surface area contributed by atoms with Gasteiger partial charge in [-0.2, -0.15) is 0 Å². The molecule has 1 atom stereocenters. The van der Waals surface area contributed by atoms with Crippen LogP contribution in [0.4, 0.5) is 0 Å². The van der Waals surface area contributed by atoms with Crippen LogP contribution in [0.2, 0.25) is 0 Å². The SMILES string of the molecule is COc1cc(C)ccc1OC(=O)C1CCCN1. The fourth-order valence-corrected chi connectivity index (χ4v) is 1.92. The molecular weight excluding hydrogens is 218 g/mol. The second-order valence-electron chi connectivity index (χ2n) is 4.22. The Bertz CT molecular complexity index is 411. The van der Waals surface area contributed by atoms with E-state index in [2.05, 4.69) is 5.32 Å². The molecule has 1 aliphatic heterocycles. The number of hydrogen-bond acceptors (Lipinski definition) is 4. The Morgan fingerprint density at radius 3 is 2.88 bits per heavy atom. The summed E-state index contributed by atoms with van der Waals surface area (Å²) in [6.07, 6.45) is 1.86. The summed E-state index contributed by atoms with van der Waals surface area (Å²) in [7, 11) is 1.57. The van der Waals surface area contributed by atoms with Crippen molar-refractivity contribution < 1.29 is 14.3 Å². The number of ether oxygens (including phenoxy) is 2. The van der Waals surface area contributed by atoms with Gasteiger partial charge in [0, 0.05) is 0 Å². The number of carbonyl (C=O) groups is 1. The third kappa shape index (κ3) is 2.77. The molecule has 92 valence electrons. The standard InChI is InChI=1S/C13H17NO3/c1-9-5-6-11(12(8-9)16-2)17-13(15)10-4-3-7-14-10/h5-6,8,10,14H,3-4,7H2,1-2H3. The number of carbonyl (C=O) groups excluding carboxylic acids is 1. The highest BCUT2D eigenvalue weighted by atomic mass is 16.6. The third-order valence-corrected chi connectivity index (χ3v) is 2.87. The Morgan fingerprint density at radius 1 is 1.41 bits per heavy atom. The van der Waals surface area contributed by atoms with Crippen LogP contribution in [0, 0.1) is 6.92 Å². The van der Waals surface area contributed by atoms with Crippen molar-refractivity contribution in [2.45, 2.75) is 25.8 Å². The largest absolute Gasteiger partial charge is 0.493 e. The Hall–Kier alpha value is -1.55. The summed E-state index contributed by atoms with van der Waals surface area (Å²) in [5.41, 5.74) is 1.07. The van der Waals surface area contributed by atoms with Crippen LogP contribution in [0.5, 0.6) is 11.5 Å². The molecule has 1 N–H and O–H groups in total. The molecule has 0 spiro atoms. The molecule has 0 amide bonds. The van der Waals surface area contributed by atoms with Gasteiger partial charge >= 0.3 is 5.97 Å². The first-order valence-corrected chi connectivity index (χ1v) is 5.80. The first kappa shape index (κ1) is 11.9. The minimum absolute atomic E-state index is 0.180. The fourth-order valence-electron chi connectivity index (χ4n) is 1.92. The number of hydrogen-bond donors (Lipinski definition) is 1. The molecule has 2 rings (SSSR count). The summed E-state index contributed by atoms with van der Waals surface area (Å²) in [5, 5.41) is 3.11. The summed E-state index contributed by atoms with van der Waals surface area (Å²) < 4.78 is 10.5. The molecule has 0 radical (unpaired) electrons. The molecule has 0 bridgehead atoms. The van der Waals surface area contributed by atoms with Crippen molar-refractivity contribution in [3.8, 4) is 11.5 Å². The highest BCUT2D eigenvalue weighted by molar-refractivity contribution is 5.79. The maximum absolute atomic E-state index is 11.8. The predicted octanol–water partition coefficient (Wildman–Crippen LogP) is 1.66. The molecule has 4 nitrogen and oxygen atoms in total. The van der Waals surface area contributed by atoms with E-state index < -0.39 is 0 Å². The maximum Gasteiger partial charge on any atom is 0.328 e. The van der Waals surface area contributed by atoms with Gasteiger partial charge in [0.1, 0.15) is 6.04 Å². The average Bonchev–Trinajstić information content (AvgIpc) is 2.85. The molecule has 1 aromatic carbocycles. The van der Waals surface area contributed by atoms with Crippen LogP contribution >= 0.6 is 0 Å². The Morgan fingerprint density at radius 2 is 2.24 bits per heavy atom. The fraction of sp³-hybridized carbons (Fsp3) is 0.462. The molecule has 1 heterocycles. The lowest BCUT2D eigenvalue weighted by atomic mass is 10.2. The lowest BCUT2D eigenvalue weighted by molar-refractivity contribution is -0.136. The van der Waals surface area contributed by atoms with E-state index in [1.165, 1.54) is 0 Å². The van der Waals surface area contributed by atoms with Gasteiger partial charge in [-0.15, -0.1) is 0 Å². The summed E-state index contributed by atoms with van der Waals surface area (Å²) in [4.78, 5) is 11.8. The smallest absolute Gasteiger partial charge is 0.328 e. The highest BCUT2D eigenvalue weighted by Gasteiger charge is 2.24. The number of methoxy groups -OCH3 is 1. The van der Waals surface area contributed by atoms with Crippen LogP contribution in [0.15, 0.2) is 18.2 Å². The zero-order valence-electron chi connectivity index (χ0n) is 10.2. The molecular formula is C13H17NO3. The number of nitrogens with one attached hydrogen (secondary N) is 1. The van der Waals surface area contributed by atoms with Gasteiger partial charge in [0.25, 0.3) is 0 Å². The van der Waals surface area contributed by atoms with Crippen molar-refractivity contribution in [3.63, 3.8) is 0 Å². The number of rotatable bonds is 3. The van der Waals surface area contributed by atoms with Crippen molar-refractivity contribution in [1.82, 2.24) is 5.32 Å². The van der Waals surface area contributed by atoms with E-state index in [-0.39, 0.29) is 12.0 Å². The molecule has 1 saturated heterocycles. The van der Waals surface area contributed by atoms with Gasteiger partial charge in [0.15, 0.2) is 11.5 Å². The van der Waals surface area contributed by atoms with Gasteiger partial charge in [-0.3, -0.25) is 0 Å². The third-order valence-electron chi connectivity index (χ3n) is 2.87. The topological polar surface area (TPSA) is 47.6 Å². The molecule has 0 aliphatic carbocycles. The number of aryl methyl sites for hydroxylation is 1. The van der Waals surface area contributed by atoms with Crippen molar-refractivity contribution in [2.24, 2.45) is 0 Å². The van der Waals surface area contributed by atoms with Crippen LogP contribution in [0.3, 0.4) is 0 Å². The first-order chi connectivity index (χ1) is 8.20. The van der Waals surface area contributed by atoms with E-state index in [4.69, 9.17) is 9.47 Å². The molecule has 1 aromatic rings. The van der Waals surface area contributed by atoms with E-state index >= 15 is 0 Å². The van der Waals surface area contributed by atoms with E-state index in [1.807, 2.05) is 19.1 Å². The number of benzene rings is 1. The summed E-state index contributed by atoms with van der Waals surface area (Å²) in [6.45, 7) is 2.84. The van der Waals surface area contributed by atoms with E-state index in [9.17, 15) is 4.79 Å². The van der Waals surface area contributed by atoms with Crippen LogP contribution < -0.4 is 14.8 Å². The predicted molar refractivity (Wildman–Crippen MR) is 64.4 cm³/mol. The molecule has 0 aromatic heterocycles. The van der Waals surface area contributed by atoms with Crippen LogP contribution in [0.25, 0.3) is 0 Å². The molecule has 0 saturated carbocycles. The highest BCUT2D eigenvalue weighted by Crippen LogP contribution is 2.28. The van der Waals surface area contributed by atoms with Gasteiger partial charge in [0.05, 0.1) is 7.11 Å². The quantitative estimate of drug-likeness (QED) is 0.639. The minimum atomic E-state index is -0.232. The zero-order chi connectivity index (χ0) is 12.3. The van der Waals surface area contributed by atoms with E-state index in [0.29, 0.717) is 11.5 Å². The molecule has 1 unspecified atom stereocenters. The summed E-state index contributed by atoms with van der Waals surface area (Å²) in [6, 6.07) is 5.33. The van der Waals surface area contributed by atoms with Crippen LogP contribution in [-0.4, -0.2) is 25.7 Å². The van der Waals surface area contributed by atoms with Crippen LogP contribution in [0.1, 0.15) is 18.4 Å². The number of esters is 1. The van der Waals surface area contributed by atoms with Gasteiger partial charge in [-0.05, 0) is 44.0 Å². The summed E-state index contributed by atoms with van der Waals surface area (Å²) in [5.74, 6) is 0.845. The van der Waals surface area contributed by atoms with E-state index in [0.717, 1.165) is 24.9 Å². The molecule has 1 aliphatic rings. The Balaban J connectivity index is 2.09. The second kappa shape index (κ2) is 5.19. The lowest BCUT2D eigenvalue weighted by Gasteiger charge is -2.12. The Kier molecular flexibility index (Phi) is 3.64. The first-order valence-electron chi connectivity index (χ1n) is 5.80. The van der Waals surface area contributed by atoms with Gasteiger partial charge < -0.3 is 14.8 Å². The summed E-state index contributed by atoms with van der Waals surface area (Å²) >= 11 is 0. The van der Waals surface area contributed by atoms with Crippen molar-refractivity contribution in [1.29, 1.82) is 0 Å². The normalized spacial score (nSPS) is 19.1. The Labute approximate surface area is 101 Å². The zero-order valence-corrected chi connectivity index (χ0v) is 10.2. The van der Waals surface area contributed by atoms with Gasteiger partial charge in [0.2, 0.25) is 0 Å². The van der Waals surface area contributed by atoms with Crippen molar-refractivity contribution >= 4 is 5.97 Å². The molecule has 4 heteroatoms. The van der Waals surface area contributed by atoms with Crippen molar-refractivity contribution in [2.75, 3.05) is 13.7 Å². The monoisotopic (exact) mass is 235 g/mol. The van der Waals surface area contributed by atoms with Gasteiger partial charge in [-0.25, -0.2) is 4.79 Å². The van der Waals surface area contributed by atoms with E-state index in [1.54, 1.807) is 13.2 Å².